The van der Waals surface area contributed by atoms with E-state index in [9.17, 15) is 9.90 Å². The van der Waals surface area contributed by atoms with Crippen molar-refractivity contribution < 1.29 is 14.6 Å². The van der Waals surface area contributed by atoms with Gasteiger partial charge in [0.25, 0.3) is 0 Å². The summed E-state index contributed by atoms with van der Waals surface area (Å²) in [7, 11) is 0. The minimum absolute atomic E-state index is 0. The van der Waals surface area contributed by atoms with E-state index in [4.69, 9.17) is 4.74 Å². The highest BCUT2D eigenvalue weighted by molar-refractivity contribution is 5.74. The lowest BCUT2D eigenvalue weighted by atomic mass is 9.88. The van der Waals surface area contributed by atoms with Crippen molar-refractivity contribution in [3.05, 3.63) is 0 Å². The van der Waals surface area contributed by atoms with Crippen LogP contribution in [0.1, 0.15) is 161 Å². The van der Waals surface area contributed by atoms with Crippen molar-refractivity contribution in [3.63, 3.8) is 0 Å². The number of carbonyl (C=O) groups is 1. The smallest absolute Gasteiger partial charge is 0.311 e. The average molecular weight is 451 g/mol. The summed E-state index contributed by atoms with van der Waals surface area (Å²) in [5.74, 6) is -0.438. The quantitative estimate of drug-likeness (QED) is 0.199. The summed E-state index contributed by atoms with van der Waals surface area (Å²) >= 11 is 0. The second kappa shape index (κ2) is 29.4. The van der Waals surface area contributed by atoms with Crippen molar-refractivity contribution in [2.75, 3.05) is 0 Å². The maximum absolute atomic E-state index is 12.2. The molecule has 3 nitrogen and oxygen atoms in total. The minimum atomic E-state index is -0.494. The lowest BCUT2D eigenvalue weighted by molar-refractivity contribution is -0.170. The van der Waals surface area contributed by atoms with Gasteiger partial charge in [0.1, 0.15) is 6.10 Å². The van der Waals surface area contributed by atoms with E-state index in [1.807, 2.05) is 0 Å². The molecule has 196 valence electrons. The van der Waals surface area contributed by atoms with Gasteiger partial charge in [0.05, 0.1) is 12.0 Å². The maximum atomic E-state index is 12.2. The monoisotopic (exact) mass is 451 g/mol. The highest BCUT2D eigenvalue weighted by Crippen LogP contribution is 2.28. The van der Waals surface area contributed by atoms with Crippen LogP contribution in [0.25, 0.3) is 0 Å². The average Bonchev–Trinajstić information content (AvgIpc) is 2.59. The van der Waals surface area contributed by atoms with E-state index in [0.29, 0.717) is 6.42 Å². The van der Waals surface area contributed by atoms with E-state index in [0.717, 1.165) is 32.1 Å². The summed E-state index contributed by atoms with van der Waals surface area (Å²) in [6.45, 7) is 4.43. The molecule has 1 fully saturated rings. The van der Waals surface area contributed by atoms with Crippen molar-refractivity contribution in [1.82, 2.24) is 0 Å². The third kappa shape index (κ3) is 21.1. The van der Waals surface area contributed by atoms with Gasteiger partial charge < -0.3 is 9.84 Å². The number of cyclic esters (lactones) is 1. The number of carbonyl (C=O) groups excluding carboxylic acids is 1. The Balaban J connectivity index is -0.000000260. The van der Waals surface area contributed by atoms with Crippen LogP contribution in [0.15, 0.2) is 0 Å². The Kier molecular flexibility index (Phi) is 41.9. The van der Waals surface area contributed by atoms with Crippen LogP contribution < -0.4 is 0 Å². The van der Waals surface area contributed by atoms with Gasteiger partial charge in [0.15, 0.2) is 0 Å². The Hall–Kier alpha value is -0.570. The molecule has 1 saturated heterocycles. The minimum Gasteiger partial charge on any atom is -0.462 e. The van der Waals surface area contributed by atoms with Crippen LogP contribution >= 0.6 is 0 Å². The number of esters is 1. The van der Waals surface area contributed by atoms with Gasteiger partial charge in [-0.05, 0) is 19.3 Å². The Bertz CT molecular complexity index is 330. The first-order chi connectivity index (χ1) is 12.2. The molecule has 0 bridgehead atoms. The summed E-state index contributed by atoms with van der Waals surface area (Å²) in [4.78, 5) is 12.2. The molecule has 3 atom stereocenters. The van der Waals surface area contributed by atoms with Crippen LogP contribution in [-0.4, -0.2) is 23.3 Å². The number of ether oxygens (including phenoxy) is 1. The van der Waals surface area contributed by atoms with Crippen LogP contribution in [0, 0.1) is 5.92 Å². The second-order valence-electron chi connectivity index (χ2n) is 7.93. The van der Waals surface area contributed by atoms with Crippen LogP contribution in [0.5, 0.6) is 0 Å². The lowest BCUT2D eigenvalue weighted by Crippen LogP contribution is -2.41. The third-order valence-corrected chi connectivity index (χ3v) is 5.55. The number of aliphatic hydroxyl groups excluding tert-OH is 1. The Morgan fingerprint density at radius 2 is 1.06 bits per heavy atom. The van der Waals surface area contributed by atoms with Gasteiger partial charge in [-0.3, -0.25) is 4.79 Å². The van der Waals surface area contributed by atoms with Crippen molar-refractivity contribution in [2.24, 2.45) is 5.92 Å². The normalized spacial score (nSPS) is 19.1. The summed E-state index contributed by atoms with van der Waals surface area (Å²) in [5, 5.41) is 10.3. The van der Waals surface area contributed by atoms with E-state index in [2.05, 4.69) is 13.8 Å². The molecule has 1 N–H and O–H groups in total. The standard InChI is InChI=1S/C22H42O3.6CH4/c1-3-5-7-9-10-11-12-13-14-16-19-18-21(23)20(22(24)25-19)17-15-8-6-4-2;;;;;;/h19-21,23H,3-18H2,1-2H3;6*1H4. The van der Waals surface area contributed by atoms with E-state index >= 15 is 0 Å². The molecule has 0 amide bonds. The largest absolute Gasteiger partial charge is 0.462 e. The fourth-order valence-electron chi connectivity index (χ4n) is 3.85. The molecule has 31 heavy (non-hydrogen) atoms. The first-order valence-electron chi connectivity index (χ1n) is 11.1. The number of unbranched alkanes of at least 4 members (excludes halogenated alkanes) is 11. The molecule has 0 radical (unpaired) electrons. The molecule has 1 aliphatic heterocycles. The zero-order valence-corrected chi connectivity index (χ0v) is 16.8. The fraction of sp³-hybridized carbons (Fsp3) is 0.964. The summed E-state index contributed by atoms with van der Waals surface area (Å²) in [5.41, 5.74) is 0. The van der Waals surface area contributed by atoms with E-state index in [1.165, 1.54) is 64.2 Å². The van der Waals surface area contributed by atoms with Crippen molar-refractivity contribution in [2.45, 2.75) is 173 Å². The van der Waals surface area contributed by atoms with Gasteiger partial charge in [0.2, 0.25) is 0 Å². The van der Waals surface area contributed by atoms with Crippen LogP contribution in [0.3, 0.4) is 0 Å². The summed E-state index contributed by atoms with van der Waals surface area (Å²) in [6.07, 6.45) is 18.1. The van der Waals surface area contributed by atoms with Gasteiger partial charge in [-0.2, -0.15) is 0 Å². The molecule has 1 heterocycles. The molecule has 0 aromatic rings. The van der Waals surface area contributed by atoms with Gasteiger partial charge in [-0.15, -0.1) is 0 Å². The second-order valence-corrected chi connectivity index (χ2v) is 7.93. The number of hydrogen-bond acceptors (Lipinski definition) is 3. The highest BCUT2D eigenvalue weighted by atomic mass is 16.5. The third-order valence-electron chi connectivity index (χ3n) is 5.55. The van der Waals surface area contributed by atoms with Gasteiger partial charge >= 0.3 is 5.97 Å². The number of hydrogen-bond donors (Lipinski definition) is 1. The Labute approximate surface area is 200 Å². The molecule has 0 saturated carbocycles. The van der Waals surface area contributed by atoms with Crippen LogP contribution in [-0.2, 0) is 9.53 Å². The SMILES string of the molecule is C.C.C.C.C.C.CCCCCCCCCCCC1CC(O)C(CCCCCC)C(=O)O1. The van der Waals surface area contributed by atoms with Gasteiger partial charge in [-0.1, -0.05) is 135 Å². The van der Waals surface area contributed by atoms with Gasteiger partial charge in [0, 0.05) is 6.42 Å². The zero-order chi connectivity index (χ0) is 18.3. The topological polar surface area (TPSA) is 46.5 Å². The predicted molar refractivity (Wildman–Crippen MR) is 145 cm³/mol. The summed E-state index contributed by atoms with van der Waals surface area (Å²) in [6, 6.07) is 0. The molecular weight excluding hydrogens is 384 g/mol. The van der Waals surface area contributed by atoms with E-state index < -0.39 is 6.10 Å². The maximum Gasteiger partial charge on any atom is 0.311 e. The molecule has 1 aliphatic rings. The first kappa shape index (κ1) is 44.2. The van der Waals surface area contributed by atoms with Crippen molar-refractivity contribution >= 4 is 5.97 Å². The number of aliphatic hydroxyl groups is 1. The zero-order valence-electron chi connectivity index (χ0n) is 16.8. The van der Waals surface area contributed by atoms with Crippen molar-refractivity contribution in [3.8, 4) is 0 Å². The summed E-state index contributed by atoms with van der Waals surface area (Å²) < 4.78 is 5.60. The van der Waals surface area contributed by atoms with E-state index in [-0.39, 0.29) is 62.6 Å². The molecular formula is C28H66O3. The number of rotatable bonds is 15. The molecule has 1 rings (SSSR count). The van der Waals surface area contributed by atoms with E-state index in [1.54, 1.807) is 0 Å². The molecule has 0 spiro atoms. The first-order valence-corrected chi connectivity index (χ1v) is 11.1. The van der Waals surface area contributed by atoms with Crippen molar-refractivity contribution in [1.29, 1.82) is 0 Å². The highest BCUT2D eigenvalue weighted by Gasteiger charge is 2.36. The van der Waals surface area contributed by atoms with Crippen LogP contribution in [0.4, 0.5) is 0 Å². The predicted octanol–water partition coefficient (Wildman–Crippen LogP) is 9.99. The van der Waals surface area contributed by atoms with Crippen LogP contribution in [0.2, 0.25) is 0 Å². The molecule has 3 unspecified atom stereocenters. The molecule has 0 aromatic heterocycles. The molecule has 3 heteroatoms. The Morgan fingerprint density at radius 3 is 1.52 bits per heavy atom. The Morgan fingerprint density at radius 1 is 0.677 bits per heavy atom. The lowest BCUT2D eigenvalue weighted by Gasteiger charge is -2.32. The van der Waals surface area contributed by atoms with Gasteiger partial charge in [-0.25, -0.2) is 0 Å². The molecule has 0 aliphatic carbocycles. The molecule has 0 aromatic carbocycles. The fourth-order valence-corrected chi connectivity index (χ4v) is 3.85.